The van der Waals surface area contributed by atoms with Crippen molar-refractivity contribution < 1.29 is 9.90 Å². The van der Waals surface area contributed by atoms with Gasteiger partial charge in [-0.15, -0.1) is 16.4 Å². The van der Waals surface area contributed by atoms with Crippen LogP contribution in [0.25, 0.3) is 0 Å². The molecule has 100 valence electrons. The quantitative estimate of drug-likeness (QED) is 0.470. The lowest BCUT2D eigenvalue weighted by atomic mass is 9.32. The maximum absolute atomic E-state index is 12.8. The maximum atomic E-state index is 12.8. The molecule has 2 aliphatic rings. The number of Topliss-reactive ketones (excluding diaryl/α,β-unsaturated/α-hetero) is 1. The fraction of sp³-hybridized carbons (Fsp3) is 0.417. The van der Waals surface area contributed by atoms with Gasteiger partial charge < -0.3 is 10.8 Å². The van der Waals surface area contributed by atoms with Crippen molar-refractivity contribution in [3.63, 3.8) is 0 Å². The second-order valence-corrected chi connectivity index (χ2v) is 6.84. The molecule has 0 saturated heterocycles. The molecule has 1 aromatic carbocycles. The van der Waals surface area contributed by atoms with Gasteiger partial charge in [-0.25, -0.2) is 0 Å². The minimum Gasteiger partial charge on any atom is -0.392 e. The van der Waals surface area contributed by atoms with Gasteiger partial charge >= 0.3 is 0 Å². The Labute approximate surface area is 148 Å². The lowest BCUT2D eigenvalue weighted by molar-refractivity contribution is -0.140. The van der Waals surface area contributed by atoms with E-state index in [0.29, 0.717) is 0 Å². The fourth-order valence-corrected chi connectivity index (χ4v) is 4.24. The van der Waals surface area contributed by atoms with Crippen LogP contribution in [0.5, 0.6) is 0 Å². The molecule has 1 aliphatic carbocycles. The summed E-state index contributed by atoms with van der Waals surface area (Å²) in [7, 11) is 35.9. The number of hydrogen-bond donors (Lipinski definition) is 2. The molecule has 23 heavy (non-hydrogen) atoms. The summed E-state index contributed by atoms with van der Waals surface area (Å²) >= 11 is 6.50. The number of carbonyl (C=O) groups is 1. The molecule has 11 heteroatoms. The summed E-state index contributed by atoms with van der Waals surface area (Å²) in [6, 6.07) is 0. The van der Waals surface area contributed by atoms with Crippen LogP contribution in [0, 0.1) is 0 Å². The number of fused-ring (bicyclic) bond motifs is 3. The molecule has 0 amide bonds. The average Bonchev–Trinajstić information content (AvgIpc) is 2.67. The summed E-state index contributed by atoms with van der Waals surface area (Å²) in [6.45, 7) is 0. The fourth-order valence-electron chi connectivity index (χ4n) is 3.73. The molecule has 3 nitrogen and oxygen atoms in total. The Morgan fingerprint density at radius 2 is 1.57 bits per heavy atom. The normalized spacial score (nSPS) is 36.0. The van der Waals surface area contributed by atoms with Crippen LogP contribution >= 0.6 is 11.5 Å². The average molecular weight is 308 g/mol. The third-order valence-electron chi connectivity index (χ3n) is 5.20. The third kappa shape index (κ3) is 1.81. The van der Waals surface area contributed by atoms with Crippen LogP contribution in [-0.2, 0) is 10.3 Å². The highest BCUT2D eigenvalue weighted by Crippen LogP contribution is 2.57. The first-order chi connectivity index (χ1) is 10.4. The van der Waals surface area contributed by atoms with Crippen LogP contribution in [0.1, 0.15) is 18.4 Å². The summed E-state index contributed by atoms with van der Waals surface area (Å²) < 4.78 is 0. The van der Waals surface area contributed by atoms with Gasteiger partial charge in [-0.05, 0) is 17.2 Å². The van der Waals surface area contributed by atoms with Gasteiger partial charge in [-0.1, -0.05) is 17.3 Å². The molecule has 1 saturated carbocycles. The predicted octanol–water partition coefficient (Wildman–Crippen LogP) is -5.45. The highest BCUT2D eigenvalue weighted by molar-refractivity contribution is 7.20. The number of aliphatic hydroxyl groups is 1. The Morgan fingerprint density at radius 3 is 2.13 bits per heavy atom. The van der Waals surface area contributed by atoms with Gasteiger partial charge in [0, 0.05) is 0 Å². The summed E-state index contributed by atoms with van der Waals surface area (Å²) in [5.74, 6) is -0.876. The van der Waals surface area contributed by atoms with E-state index < -0.39 is 28.2 Å². The van der Waals surface area contributed by atoms with E-state index in [-0.39, 0.29) is 45.7 Å². The SMILES string of the molecule is [B]c1c([B])c([B])c2c(c1[B])B(Cl)C1([B])CCC([B])(O)C(=O)C21N. The topological polar surface area (TPSA) is 63.3 Å². The van der Waals surface area contributed by atoms with E-state index in [1.54, 1.807) is 0 Å². The number of carbonyl (C=O) groups excluding carboxylic acids is 1. The lowest BCUT2D eigenvalue weighted by Crippen LogP contribution is -2.67. The predicted molar refractivity (Wildman–Crippen MR) is 98.5 cm³/mol. The highest BCUT2D eigenvalue weighted by Gasteiger charge is 2.68. The van der Waals surface area contributed by atoms with Crippen molar-refractivity contribution in [2.24, 2.45) is 5.73 Å². The largest absolute Gasteiger partial charge is 0.392 e. The van der Waals surface area contributed by atoms with E-state index in [2.05, 4.69) is 0 Å². The molecule has 3 atom stereocenters. The van der Waals surface area contributed by atoms with Crippen molar-refractivity contribution in [1.29, 1.82) is 0 Å². The highest BCUT2D eigenvalue weighted by atomic mass is 35.5. The van der Waals surface area contributed by atoms with E-state index >= 15 is 0 Å². The molecular weight excluding hydrogens is 301 g/mol. The van der Waals surface area contributed by atoms with Crippen LogP contribution in [0.4, 0.5) is 0 Å². The molecule has 3 N–H and O–H groups in total. The van der Waals surface area contributed by atoms with Gasteiger partial charge in [0.1, 0.15) is 39.2 Å². The first kappa shape index (κ1) is 17.4. The van der Waals surface area contributed by atoms with Crippen LogP contribution in [-0.4, -0.2) is 69.6 Å². The number of rotatable bonds is 0. The van der Waals surface area contributed by atoms with Gasteiger partial charge in [0.25, 0.3) is 6.13 Å². The van der Waals surface area contributed by atoms with E-state index in [1.807, 2.05) is 0 Å². The second-order valence-electron chi connectivity index (χ2n) is 6.41. The van der Waals surface area contributed by atoms with Crippen LogP contribution in [0.15, 0.2) is 0 Å². The number of ketones is 1. The first-order valence-electron chi connectivity index (χ1n) is 6.95. The lowest BCUT2D eigenvalue weighted by Gasteiger charge is -2.51. The first-order valence-corrected chi connectivity index (χ1v) is 7.39. The molecule has 12 radical (unpaired) electrons. The van der Waals surface area contributed by atoms with Crippen molar-refractivity contribution >= 4 is 97.8 Å². The summed E-state index contributed by atoms with van der Waals surface area (Å²) in [5.41, 5.74) is 2.75. The van der Waals surface area contributed by atoms with Crippen LogP contribution in [0.2, 0.25) is 5.21 Å². The van der Waals surface area contributed by atoms with Gasteiger partial charge in [0.05, 0.1) is 18.9 Å². The number of nitrogens with two attached hydrogens (primary N) is 1. The number of halogens is 1. The zero-order valence-corrected chi connectivity index (χ0v) is 13.0. The second kappa shape index (κ2) is 4.80. The van der Waals surface area contributed by atoms with Crippen molar-refractivity contribution in [3.8, 4) is 0 Å². The zero-order valence-electron chi connectivity index (χ0n) is 12.3. The van der Waals surface area contributed by atoms with E-state index in [9.17, 15) is 9.90 Å². The zero-order chi connectivity index (χ0) is 17.5. The molecular formula is C12H7B7ClNO2. The Kier molecular flexibility index (Phi) is 3.63. The standard InChI is InChI=1S/C12H7B7ClNO2/c13-4-3-8(7(16)6(15)5(4)14)19(20)11(18)2-1-10(17,23)9(22)12(3,11)21/h23H,1-2,21H2. The molecule has 3 rings (SSSR count). The van der Waals surface area contributed by atoms with E-state index in [1.165, 1.54) is 0 Å². The molecule has 0 spiro atoms. The van der Waals surface area contributed by atoms with Crippen molar-refractivity contribution in [1.82, 2.24) is 0 Å². The van der Waals surface area contributed by atoms with Crippen LogP contribution in [0.3, 0.4) is 0 Å². The Morgan fingerprint density at radius 1 is 1.04 bits per heavy atom. The molecule has 1 aromatic rings. The Balaban J connectivity index is 2.44. The maximum Gasteiger partial charge on any atom is 0.283 e. The summed E-state index contributed by atoms with van der Waals surface area (Å²) in [6.07, 6.45) is -0.944. The van der Waals surface area contributed by atoms with E-state index in [0.717, 1.165) is 0 Å². The monoisotopic (exact) mass is 309 g/mol. The molecule has 0 aromatic heterocycles. The van der Waals surface area contributed by atoms with Gasteiger partial charge in [-0.3, -0.25) is 4.79 Å². The Hall–Kier alpha value is -0.445. The number of hydrogen-bond acceptors (Lipinski definition) is 3. The van der Waals surface area contributed by atoms with Crippen LogP contribution < -0.4 is 33.0 Å². The summed E-state index contributed by atoms with van der Waals surface area (Å²) in [5, 5.41) is 8.76. The summed E-state index contributed by atoms with van der Waals surface area (Å²) in [4.78, 5) is 12.8. The minimum absolute atomic E-state index is 0.0156. The molecule has 1 aliphatic heterocycles. The smallest absolute Gasteiger partial charge is 0.283 e. The Bertz CT molecular complexity index is 758. The van der Waals surface area contributed by atoms with Crippen molar-refractivity contribution in [2.45, 2.75) is 29.1 Å². The minimum atomic E-state index is -2.15. The molecule has 3 unspecified atom stereocenters. The van der Waals surface area contributed by atoms with Crippen molar-refractivity contribution in [3.05, 3.63) is 5.56 Å². The third-order valence-corrected chi connectivity index (χ3v) is 5.81. The van der Waals surface area contributed by atoms with Crippen molar-refractivity contribution in [2.75, 3.05) is 0 Å². The molecule has 1 heterocycles. The molecule has 0 bridgehead atoms. The van der Waals surface area contributed by atoms with Gasteiger partial charge in [0.2, 0.25) is 0 Å². The van der Waals surface area contributed by atoms with Gasteiger partial charge in [-0.2, -0.15) is 11.5 Å². The van der Waals surface area contributed by atoms with E-state index in [4.69, 9.17) is 64.3 Å². The molecule has 1 fully saturated rings. The number of benzene rings is 1. The van der Waals surface area contributed by atoms with Gasteiger partial charge in [0.15, 0.2) is 5.78 Å².